The van der Waals surface area contributed by atoms with Crippen LogP contribution in [0.1, 0.15) is 44.2 Å². The Balaban J connectivity index is 0.00000180. The Hall–Kier alpha value is -1.13. The zero-order valence-corrected chi connectivity index (χ0v) is 12.0. The van der Waals surface area contributed by atoms with Gasteiger partial charge in [0.1, 0.15) is 0 Å². The van der Waals surface area contributed by atoms with E-state index >= 15 is 0 Å². The van der Waals surface area contributed by atoms with Crippen LogP contribution < -0.4 is 11.1 Å². The van der Waals surface area contributed by atoms with Gasteiger partial charge in [-0.15, -0.1) is 12.4 Å². The molecule has 1 saturated carbocycles. The fourth-order valence-corrected chi connectivity index (χ4v) is 2.57. The molecule has 19 heavy (non-hydrogen) atoms. The molecular weight excluding hydrogens is 262 g/mol. The van der Waals surface area contributed by atoms with Crippen molar-refractivity contribution in [2.75, 3.05) is 0 Å². The standard InChI is InChI=1S/C14H21N3O.ClH/c1-10(12-5-3-7-16-9-12)17-14(18)8-11-4-2-6-13(11)15;/h3,5,7,9-11,13H,2,4,6,8,15H2,1H3,(H,17,18);1H/t10?,11-,13+;/m0./s1. The number of carbonyl (C=O) groups excluding carboxylic acids is 1. The van der Waals surface area contributed by atoms with E-state index in [2.05, 4.69) is 10.3 Å². The summed E-state index contributed by atoms with van der Waals surface area (Å²) < 4.78 is 0. The minimum absolute atomic E-state index is 0. The van der Waals surface area contributed by atoms with E-state index in [-0.39, 0.29) is 30.4 Å². The van der Waals surface area contributed by atoms with E-state index in [1.807, 2.05) is 19.1 Å². The molecule has 3 N–H and O–H groups in total. The number of nitrogens with one attached hydrogen (secondary N) is 1. The molecule has 3 atom stereocenters. The molecule has 1 aliphatic rings. The van der Waals surface area contributed by atoms with Gasteiger partial charge in [0.2, 0.25) is 5.91 Å². The molecule has 106 valence electrons. The van der Waals surface area contributed by atoms with Gasteiger partial charge in [-0.1, -0.05) is 12.5 Å². The summed E-state index contributed by atoms with van der Waals surface area (Å²) in [4.78, 5) is 16.0. The monoisotopic (exact) mass is 283 g/mol. The van der Waals surface area contributed by atoms with Crippen LogP contribution in [-0.4, -0.2) is 16.9 Å². The molecule has 0 bridgehead atoms. The van der Waals surface area contributed by atoms with Crippen LogP contribution in [-0.2, 0) is 4.79 Å². The minimum Gasteiger partial charge on any atom is -0.350 e. The average Bonchev–Trinajstić information content (AvgIpc) is 2.76. The van der Waals surface area contributed by atoms with E-state index in [4.69, 9.17) is 5.73 Å². The topological polar surface area (TPSA) is 68.0 Å². The Bertz CT molecular complexity index is 399. The molecule has 0 aliphatic heterocycles. The van der Waals surface area contributed by atoms with Crippen molar-refractivity contribution >= 4 is 18.3 Å². The van der Waals surface area contributed by atoms with Gasteiger partial charge in [-0.05, 0) is 37.3 Å². The lowest BCUT2D eigenvalue weighted by Crippen LogP contribution is -2.32. The highest BCUT2D eigenvalue weighted by molar-refractivity contribution is 5.85. The second-order valence-corrected chi connectivity index (χ2v) is 5.13. The van der Waals surface area contributed by atoms with Gasteiger partial charge in [0.15, 0.2) is 0 Å². The number of nitrogens with two attached hydrogens (primary N) is 1. The molecule has 1 amide bonds. The smallest absolute Gasteiger partial charge is 0.220 e. The summed E-state index contributed by atoms with van der Waals surface area (Å²) in [6, 6.07) is 4.05. The number of halogens is 1. The lowest BCUT2D eigenvalue weighted by molar-refractivity contribution is -0.122. The summed E-state index contributed by atoms with van der Waals surface area (Å²) in [5.74, 6) is 0.444. The molecule has 2 rings (SSSR count). The predicted octanol–water partition coefficient (Wildman–Crippen LogP) is 2.20. The summed E-state index contributed by atoms with van der Waals surface area (Å²) in [6.45, 7) is 1.98. The van der Waals surface area contributed by atoms with Gasteiger partial charge in [-0.25, -0.2) is 0 Å². The number of aromatic nitrogens is 1. The number of carbonyl (C=O) groups is 1. The van der Waals surface area contributed by atoms with E-state index < -0.39 is 0 Å². The van der Waals surface area contributed by atoms with Gasteiger partial charge in [0, 0.05) is 24.9 Å². The number of amides is 1. The van der Waals surface area contributed by atoms with Crippen molar-refractivity contribution in [2.45, 2.75) is 44.7 Å². The number of pyridine rings is 1. The van der Waals surface area contributed by atoms with Crippen LogP contribution in [0, 0.1) is 5.92 Å². The molecule has 0 radical (unpaired) electrons. The fourth-order valence-electron chi connectivity index (χ4n) is 2.57. The Morgan fingerprint density at radius 2 is 2.37 bits per heavy atom. The molecule has 1 heterocycles. The first-order chi connectivity index (χ1) is 8.66. The van der Waals surface area contributed by atoms with Crippen LogP contribution in [0.4, 0.5) is 0 Å². The maximum atomic E-state index is 11.9. The molecule has 0 saturated heterocycles. The largest absolute Gasteiger partial charge is 0.350 e. The second-order valence-electron chi connectivity index (χ2n) is 5.13. The van der Waals surface area contributed by atoms with Gasteiger partial charge in [0.05, 0.1) is 6.04 Å². The van der Waals surface area contributed by atoms with Crippen LogP contribution in [0.3, 0.4) is 0 Å². The van der Waals surface area contributed by atoms with Crippen molar-refractivity contribution in [3.8, 4) is 0 Å². The van der Waals surface area contributed by atoms with Crippen LogP contribution in [0.2, 0.25) is 0 Å². The van der Waals surface area contributed by atoms with Crippen molar-refractivity contribution in [3.63, 3.8) is 0 Å². The zero-order valence-electron chi connectivity index (χ0n) is 11.2. The first-order valence-corrected chi connectivity index (χ1v) is 6.61. The van der Waals surface area contributed by atoms with E-state index in [1.54, 1.807) is 12.4 Å². The molecule has 1 unspecified atom stereocenters. The van der Waals surface area contributed by atoms with Gasteiger partial charge >= 0.3 is 0 Å². The van der Waals surface area contributed by atoms with Crippen molar-refractivity contribution in [1.82, 2.24) is 10.3 Å². The number of hydrogen-bond acceptors (Lipinski definition) is 3. The molecular formula is C14H22ClN3O. The van der Waals surface area contributed by atoms with Crippen molar-refractivity contribution in [2.24, 2.45) is 11.7 Å². The summed E-state index contributed by atoms with van der Waals surface area (Å²) in [5, 5.41) is 3.01. The zero-order chi connectivity index (χ0) is 13.0. The molecule has 5 heteroatoms. The predicted molar refractivity (Wildman–Crippen MR) is 78.0 cm³/mol. The third kappa shape index (κ3) is 4.48. The van der Waals surface area contributed by atoms with E-state index in [0.29, 0.717) is 12.3 Å². The first-order valence-electron chi connectivity index (χ1n) is 6.61. The lowest BCUT2D eigenvalue weighted by Gasteiger charge is -2.18. The second kappa shape index (κ2) is 7.46. The third-order valence-electron chi connectivity index (χ3n) is 3.73. The first kappa shape index (κ1) is 15.9. The highest BCUT2D eigenvalue weighted by Gasteiger charge is 2.26. The lowest BCUT2D eigenvalue weighted by atomic mass is 9.99. The molecule has 0 spiro atoms. The fraction of sp³-hybridized carbons (Fsp3) is 0.571. The van der Waals surface area contributed by atoms with E-state index in [0.717, 1.165) is 24.8 Å². The highest BCUT2D eigenvalue weighted by Crippen LogP contribution is 2.26. The molecule has 0 aromatic carbocycles. The van der Waals surface area contributed by atoms with Crippen molar-refractivity contribution < 1.29 is 4.79 Å². The van der Waals surface area contributed by atoms with Gasteiger partial charge in [0.25, 0.3) is 0 Å². The molecule has 1 aliphatic carbocycles. The number of nitrogens with zero attached hydrogens (tertiary/aromatic N) is 1. The summed E-state index contributed by atoms with van der Waals surface area (Å²) in [5.41, 5.74) is 7.01. The average molecular weight is 284 g/mol. The maximum Gasteiger partial charge on any atom is 0.220 e. The van der Waals surface area contributed by atoms with Crippen LogP contribution in [0.15, 0.2) is 24.5 Å². The van der Waals surface area contributed by atoms with Gasteiger partial charge < -0.3 is 11.1 Å². The van der Waals surface area contributed by atoms with Gasteiger partial charge in [-0.3, -0.25) is 9.78 Å². The SMILES string of the molecule is CC(NC(=O)C[C@@H]1CCC[C@H]1N)c1cccnc1.Cl. The quantitative estimate of drug-likeness (QED) is 0.890. The number of rotatable bonds is 4. The van der Waals surface area contributed by atoms with E-state index in [9.17, 15) is 4.79 Å². The Kier molecular flexibility index (Phi) is 6.25. The highest BCUT2D eigenvalue weighted by atomic mass is 35.5. The third-order valence-corrected chi connectivity index (χ3v) is 3.73. The Labute approximate surface area is 120 Å². The normalized spacial score (nSPS) is 23.5. The molecule has 1 aromatic rings. The van der Waals surface area contributed by atoms with Crippen LogP contribution in [0.25, 0.3) is 0 Å². The van der Waals surface area contributed by atoms with Gasteiger partial charge in [-0.2, -0.15) is 0 Å². The Morgan fingerprint density at radius 3 is 2.95 bits per heavy atom. The van der Waals surface area contributed by atoms with Crippen molar-refractivity contribution in [3.05, 3.63) is 30.1 Å². The minimum atomic E-state index is 0. The molecule has 1 aromatic heterocycles. The Morgan fingerprint density at radius 1 is 1.58 bits per heavy atom. The number of hydrogen-bond donors (Lipinski definition) is 2. The summed E-state index contributed by atoms with van der Waals surface area (Å²) in [7, 11) is 0. The van der Waals surface area contributed by atoms with Crippen LogP contribution >= 0.6 is 12.4 Å². The maximum absolute atomic E-state index is 11.9. The summed E-state index contributed by atoms with van der Waals surface area (Å²) >= 11 is 0. The summed E-state index contributed by atoms with van der Waals surface area (Å²) in [6.07, 6.45) is 7.34. The van der Waals surface area contributed by atoms with E-state index in [1.165, 1.54) is 0 Å². The molecule has 4 nitrogen and oxygen atoms in total. The van der Waals surface area contributed by atoms with Crippen molar-refractivity contribution in [1.29, 1.82) is 0 Å². The van der Waals surface area contributed by atoms with Crippen LogP contribution in [0.5, 0.6) is 0 Å². The molecule has 1 fully saturated rings.